The Hall–Kier alpha value is -16.4. The molecule has 0 N–H and O–H groups in total. The van der Waals surface area contributed by atoms with Gasteiger partial charge in [0.05, 0.1) is 40.2 Å². The van der Waals surface area contributed by atoms with Crippen LogP contribution in [0.1, 0.15) is 52.7 Å². The molecule has 0 aliphatic carbocycles. The number of nitrogens with zero attached hydrogens (tertiary/aromatic N) is 3. The minimum absolute atomic E-state index is 0.0365. The van der Waals surface area contributed by atoms with Crippen LogP contribution in [0.2, 0.25) is 0 Å². The number of methoxy groups -OCH3 is 1. The predicted octanol–water partition coefficient (Wildman–Crippen LogP) is 35.5. The molecule has 0 saturated carbocycles. The van der Waals surface area contributed by atoms with Crippen LogP contribution in [0.4, 0.5) is 0 Å². The van der Waals surface area contributed by atoms with E-state index in [-0.39, 0.29) is 10.8 Å². The lowest BCUT2D eigenvalue weighted by Gasteiger charge is -2.27. The molecule has 4 nitrogen and oxygen atoms in total. The number of fused-ring (bicyclic) bond motifs is 15. The van der Waals surface area contributed by atoms with E-state index < -0.39 is 0 Å². The molecule has 0 bridgehead atoms. The third-order valence-electron chi connectivity index (χ3n) is 27.3. The molecule has 0 unspecified atom stereocenters. The predicted molar refractivity (Wildman–Crippen MR) is 569 cm³/mol. The summed E-state index contributed by atoms with van der Waals surface area (Å²) >= 11 is 0. The van der Waals surface area contributed by atoms with Gasteiger partial charge in [-0.15, -0.1) is 0 Å². The summed E-state index contributed by atoms with van der Waals surface area (Å²) in [5.41, 5.74) is 31.1. The lowest BCUT2D eigenvalue weighted by Crippen LogP contribution is -2.16. The highest BCUT2D eigenvalue weighted by atomic mass is 16.5. The zero-order valence-corrected chi connectivity index (χ0v) is 75.6. The molecule has 25 rings (SSSR count). The average molecular weight is 1710 g/mol. The van der Waals surface area contributed by atoms with E-state index in [1.54, 1.807) is 7.11 Å². The molecule has 0 saturated heterocycles. The van der Waals surface area contributed by atoms with Crippen LogP contribution >= 0.6 is 0 Å². The van der Waals surface area contributed by atoms with Crippen LogP contribution in [-0.2, 0) is 10.8 Å². The van der Waals surface area contributed by atoms with Gasteiger partial charge in [0.1, 0.15) is 5.75 Å². The third-order valence-corrected chi connectivity index (χ3v) is 27.3. The number of hydrogen-bond acceptors (Lipinski definition) is 1. The van der Waals surface area contributed by atoms with Crippen molar-refractivity contribution in [2.75, 3.05) is 7.11 Å². The van der Waals surface area contributed by atoms with Crippen molar-refractivity contribution in [2.45, 2.75) is 52.4 Å². The fraction of sp³-hybridized carbons (Fsp3) is 0.0698. The SMILES string of the molecule is CC(C)(C)c1cc(-c2c3ccccc3c(-c3cccc(-n4c5ccccc5c5ccccc54)c3)c3ccccc23)cc(C(C)(C)C)c1.COc1ccc(-c2c3ccccc3c(-c3cccc(-n4c5ccccc5c5ccccc54)c3)c3ccccc23)cc1.c1ccc(-c2ccc(-c3c4ccccc4c(-c4cccc(-n5c6ccccc6c6ccccc65)c4)c4ccccc34)cc2)cc1. The molecule has 4 heteroatoms. The van der Waals surface area contributed by atoms with E-state index in [1.165, 1.54) is 230 Å². The van der Waals surface area contributed by atoms with Gasteiger partial charge in [0, 0.05) is 49.4 Å². The van der Waals surface area contributed by atoms with Crippen molar-refractivity contribution in [1.29, 1.82) is 0 Å². The number of benzene rings is 22. The molecule has 133 heavy (non-hydrogen) atoms. The summed E-state index contributed by atoms with van der Waals surface area (Å²) in [4.78, 5) is 0. The van der Waals surface area contributed by atoms with Crippen molar-refractivity contribution in [2.24, 2.45) is 0 Å². The van der Waals surface area contributed by atoms with Crippen molar-refractivity contribution in [3.8, 4) is 101 Å². The molecule has 0 radical (unpaired) electrons. The first-order chi connectivity index (χ1) is 65.3. The number of aromatic nitrogens is 3. The van der Waals surface area contributed by atoms with Crippen LogP contribution < -0.4 is 4.74 Å². The molecule has 0 aliphatic heterocycles. The fourth-order valence-electron chi connectivity index (χ4n) is 21.1. The quantitative estimate of drug-likeness (QED) is 0.118. The largest absolute Gasteiger partial charge is 0.497 e. The Labute approximate surface area is 775 Å². The Morgan fingerprint density at radius 2 is 0.353 bits per heavy atom. The van der Waals surface area contributed by atoms with Crippen LogP contribution in [-0.4, -0.2) is 20.8 Å². The highest BCUT2D eigenvalue weighted by Gasteiger charge is 2.27. The molecule has 3 aromatic heterocycles. The van der Waals surface area contributed by atoms with Gasteiger partial charge in [-0.25, -0.2) is 0 Å². The first kappa shape index (κ1) is 81.1. The van der Waals surface area contributed by atoms with E-state index in [2.05, 4.69) is 504 Å². The van der Waals surface area contributed by atoms with Crippen molar-refractivity contribution < 1.29 is 4.74 Å². The second kappa shape index (κ2) is 33.3. The van der Waals surface area contributed by atoms with Gasteiger partial charge in [-0.05, 0) is 249 Å². The maximum Gasteiger partial charge on any atom is 0.118 e. The maximum atomic E-state index is 5.45. The van der Waals surface area contributed by atoms with Crippen LogP contribution in [0, 0.1) is 0 Å². The van der Waals surface area contributed by atoms with Crippen molar-refractivity contribution in [3.05, 3.63) is 472 Å². The molecule has 25 aromatic rings. The summed E-state index contributed by atoms with van der Waals surface area (Å²) in [5, 5.41) is 22.8. The van der Waals surface area contributed by atoms with Gasteiger partial charge in [0.25, 0.3) is 0 Å². The Kier molecular flexibility index (Phi) is 20.3. The first-order valence-electron chi connectivity index (χ1n) is 46.3. The van der Waals surface area contributed by atoms with E-state index in [0.717, 1.165) is 11.4 Å². The van der Waals surface area contributed by atoms with Gasteiger partial charge < -0.3 is 18.4 Å². The minimum Gasteiger partial charge on any atom is -0.497 e. The van der Waals surface area contributed by atoms with Crippen LogP contribution in [0.25, 0.3) is 225 Å². The Morgan fingerprint density at radius 3 is 0.602 bits per heavy atom. The minimum atomic E-state index is 0.0365. The van der Waals surface area contributed by atoms with E-state index in [4.69, 9.17) is 4.74 Å². The highest BCUT2D eigenvalue weighted by molar-refractivity contribution is 6.25. The number of rotatable bonds is 11. The number of ether oxygens (including phenoxy) is 1. The standard InChI is InChI=1S/C46H41N.C44H29N.C39H27NO/c1-45(2,3)32-26-31(27-33(29-32)46(4,5)6)44-39-22-9-7-20-37(39)43(38-21-8-10-23-40(38)44)30-16-15-17-34(28-30)47-41-24-13-11-18-35(41)36-19-12-14-25-42(36)47;1-2-13-30(14-3-1)31-25-27-32(28-26-31)43-37-19-4-6-21-39(37)44(40-22-7-5-20-38(40)43)33-15-12-16-34(29-33)45-41-23-10-8-17-35(41)36-18-9-11-24-42(36)45;1-41-29-23-21-26(22-24-29)38-32-15-2-4-17-34(32)39(35-18-5-3-16-33(35)38)27-11-10-12-28(25-27)40-36-19-8-6-13-30(36)31-14-7-9-20-37(31)40/h7-29H,1-6H3;1-29H;2-25H,1H3. The lowest BCUT2D eigenvalue weighted by molar-refractivity contribution is 0.415. The zero-order valence-electron chi connectivity index (χ0n) is 75.6. The maximum absolute atomic E-state index is 5.45. The Bertz CT molecular complexity index is 8510. The smallest absolute Gasteiger partial charge is 0.118 e. The van der Waals surface area contributed by atoms with Crippen LogP contribution in [0.15, 0.2) is 461 Å². The van der Waals surface area contributed by atoms with Gasteiger partial charge in [-0.3, -0.25) is 0 Å². The molecule has 22 aromatic carbocycles. The summed E-state index contributed by atoms with van der Waals surface area (Å²) < 4.78 is 12.7. The topological polar surface area (TPSA) is 24.0 Å². The van der Waals surface area contributed by atoms with Crippen LogP contribution in [0.5, 0.6) is 5.75 Å². The van der Waals surface area contributed by atoms with Gasteiger partial charge >= 0.3 is 0 Å². The number of hydrogen-bond donors (Lipinski definition) is 0. The van der Waals surface area contributed by atoms with E-state index >= 15 is 0 Å². The molecule has 0 atom stereocenters. The fourth-order valence-corrected chi connectivity index (χ4v) is 21.1. The van der Waals surface area contributed by atoms with Gasteiger partial charge in [0.2, 0.25) is 0 Å². The molecular formula is C129H97N3O. The summed E-state index contributed by atoms with van der Waals surface area (Å²) in [7, 11) is 1.71. The second-order valence-electron chi connectivity index (χ2n) is 37.3. The summed E-state index contributed by atoms with van der Waals surface area (Å²) in [6.45, 7) is 13.9. The van der Waals surface area contributed by atoms with Gasteiger partial charge in [-0.1, -0.05) is 418 Å². The van der Waals surface area contributed by atoms with Crippen molar-refractivity contribution in [1.82, 2.24) is 13.7 Å². The van der Waals surface area contributed by atoms with Crippen LogP contribution in [0.3, 0.4) is 0 Å². The molecule has 3 heterocycles. The normalized spacial score (nSPS) is 11.9. The summed E-state index contributed by atoms with van der Waals surface area (Å²) in [5.74, 6) is 0.862. The monoisotopic (exact) mass is 1700 g/mol. The van der Waals surface area contributed by atoms with Gasteiger partial charge in [0.15, 0.2) is 0 Å². The summed E-state index contributed by atoms with van der Waals surface area (Å²) in [6, 6.07) is 168. The Morgan fingerprint density at radius 1 is 0.158 bits per heavy atom. The molecular weight excluding hydrogens is 1610 g/mol. The molecule has 0 aliphatic rings. The first-order valence-corrected chi connectivity index (χ1v) is 46.3. The van der Waals surface area contributed by atoms with E-state index in [9.17, 15) is 0 Å². The summed E-state index contributed by atoms with van der Waals surface area (Å²) in [6.07, 6.45) is 0. The Balaban J connectivity index is 0.000000113. The lowest BCUT2D eigenvalue weighted by atomic mass is 9.77. The third kappa shape index (κ3) is 14.2. The molecule has 634 valence electrons. The molecule has 0 spiro atoms. The highest BCUT2D eigenvalue weighted by Crippen LogP contribution is 2.51. The van der Waals surface area contributed by atoms with Gasteiger partial charge in [-0.2, -0.15) is 0 Å². The van der Waals surface area contributed by atoms with Crippen molar-refractivity contribution >= 4 is 130 Å². The molecule has 0 fully saturated rings. The second-order valence-corrected chi connectivity index (χ2v) is 37.3. The zero-order chi connectivity index (χ0) is 89.6. The molecule has 0 amide bonds. The van der Waals surface area contributed by atoms with E-state index in [0.29, 0.717) is 0 Å². The van der Waals surface area contributed by atoms with Crippen molar-refractivity contribution in [3.63, 3.8) is 0 Å². The van der Waals surface area contributed by atoms with E-state index in [1.807, 2.05) is 12.1 Å². The number of para-hydroxylation sites is 6. The average Bonchev–Trinajstić information content (AvgIpc) is 1.69.